The topological polar surface area (TPSA) is 64.2 Å². The first-order valence-electron chi connectivity index (χ1n) is 7.44. The quantitative estimate of drug-likeness (QED) is 0.716. The lowest BCUT2D eigenvalue weighted by Crippen LogP contribution is -2.10. The van der Waals surface area contributed by atoms with E-state index in [1.807, 2.05) is 0 Å². The maximum Gasteiger partial charge on any atom is 0.135 e. The van der Waals surface area contributed by atoms with Crippen molar-refractivity contribution in [1.82, 2.24) is 9.97 Å². The highest BCUT2D eigenvalue weighted by molar-refractivity contribution is 6.31. The van der Waals surface area contributed by atoms with Crippen LogP contribution >= 0.6 is 11.6 Å². The van der Waals surface area contributed by atoms with E-state index in [2.05, 4.69) is 15.0 Å². The Labute approximate surface area is 147 Å². The average molecular weight is 357 g/mol. The number of hydrogen-bond acceptors (Lipinski definition) is 4. The van der Waals surface area contributed by atoms with E-state index in [1.54, 1.807) is 18.2 Å². The lowest BCUT2D eigenvalue weighted by molar-refractivity contribution is 0.579. The van der Waals surface area contributed by atoms with Gasteiger partial charge < -0.3 is 5.73 Å². The fraction of sp³-hybridized carbons (Fsp3) is 0.0556. The van der Waals surface area contributed by atoms with Crippen LogP contribution in [0.25, 0.3) is 11.3 Å². The molecule has 0 unspecified atom stereocenters. The summed E-state index contributed by atoms with van der Waals surface area (Å²) in [7, 11) is 0. The Morgan fingerprint density at radius 2 is 1.76 bits per heavy atom. The number of nitrogens with two attached hydrogens (primary N) is 1. The number of nitrogens with zero attached hydrogens (tertiary/aromatic N) is 3. The molecule has 0 fully saturated rings. The standard InChI is InChI=1S/C18H11ClF2N4/c19-9-4-5-10-11(6-9)17(15-13(20)2-1-3-14(15)21)23-7-12-16(10)24-8-25-18(12)22/h1-6,8H,7H2,(H2,22,24,25). The van der Waals surface area contributed by atoms with Crippen molar-refractivity contribution in [2.75, 3.05) is 5.73 Å². The minimum Gasteiger partial charge on any atom is -0.383 e. The molecule has 1 aromatic heterocycles. The normalized spacial score (nSPS) is 12.8. The third-order valence-corrected chi connectivity index (χ3v) is 4.30. The SMILES string of the molecule is Nc1ncnc2c1CN=C(c1c(F)cccc1F)c1cc(Cl)ccc1-2. The summed E-state index contributed by atoms with van der Waals surface area (Å²) < 4.78 is 28.7. The van der Waals surface area contributed by atoms with Gasteiger partial charge in [-0.05, 0) is 24.3 Å². The van der Waals surface area contributed by atoms with Gasteiger partial charge in [0.2, 0.25) is 0 Å². The number of aromatic nitrogens is 2. The minimum atomic E-state index is -0.699. The first kappa shape index (κ1) is 15.7. The molecule has 2 heterocycles. The summed E-state index contributed by atoms with van der Waals surface area (Å²) in [5.41, 5.74) is 8.24. The highest BCUT2D eigenvalue weighted by atomic mass is 35.5. The van der Waals surface area contributed by atoms with Crippen LogP contribution in [0.2, 0.25) is 5.02 Å². The highest BCUT2D eigenvalue weighted by Gasteiger charge is 2.25. The van der Waals surface area contributed by atoms with Crippen LogP contribution in [-0.4, -0.2) is 15.7 Å². The lowest BCUT2D eigenvalue weighted by atomic mass is 9.94. The predicted molar refractivity (Wildman–Crippen MR) is 92.6 cm³/mol. The molecule has 2 aromatic carbocycles. The summed E-state index contributed by atoms with van der Waals surface area (Å²) in [5.74, 6) is -1.12. The number of anilines is 1. The lowest BCUT2D eigenvalue weighted by Gasteiger charge is -2.12. The van der Waals surface area contributed by atoms with Gasteiger partial charge in [0.1, 0.15) is 23.8 Å². The maximum atomic E-state index is 14.4. The van der Waals surface area contributed by atoms with Gasteiger partial charge in [-0.2, -0.15) is 0 Å². The van der Waals surface area contributed by atoms with Crippen LogP contribution in [0.4, 0.5) is 14.6 Å². The molecule has 0 saturated heterocycles. The second kappa shape index (κ2) is 5.89. The Morgan fingerprint density at radius 1 is 1.00 bits per heavy atom. The van der Waals surface area contributed by atoms with Crippen molar-refractivity contribution in [3.63, 3.8) is 0 Å². The van der Waals surface area contributed by atoms with Crippen LogP contribution in [0.3, 0.4) is 0 Å². The molecule has 0 amide bonds. The number of nitrogen functional groups attached to an aromatic ring is 1. The number of rotatable bonds is 1. The smallest absolute Gasteiger partial charge is 0.135 e. The molecule has 0 bridgehead atoms. The van der Waals surface area contributed by atoms with Crippen molar-refractivity contribution >= 4 is 23.1 Å². The van der Waals surface area contributed by atoms with Crippen LogP contribution in [0.5, 0.6) is 0 Å². The van der Waals surface area contributed by atoms with Crippen molar-refractivity contribution in [2.45, 2.75) is 6.54 Å². The summed E-state index contributed by atoms with van der Waals surface area (Å²) >= 11 is 6.12. The number of halogens is 3. The Bertz CT molecular complexity index is 1010. The van der Waals surface area contributed by atoms with Gasteiger partial charge in [0, 0.05) is 21.7 Å². The van der Waals surface area contributed by atoms with E-state index >= 15 is 0 Å². The number of fused-ring (bicyclic) bond motifs is 3. The first-order chi connectivity index (χ1) is 12.1. The van der Waals surface area contributed by atoms with Gasteiger partial charge in [-0.3, -0.25) is 4.99 Å². The summed E-state index contributed by atoms with van der Waals surface area (Å²) in [6, 6.07) is 8.73. The number of hydrogen-bond donors (Lipinski definition) is 1. The molecule has 0 aliphatic carbocycles. The molecule has 0 atom stereocenters. The molecule has 0 radical (unpaired) electrons. The van der Waals surface area contributed by atoms with E-state index < -0.39 is 11.6 Å². The third kappa shape index (κ3) is 2.55. The Morgan fingerprint density at radius 3 is 2.52 bits per heavy atom. The zero-order valence-corrected chi connectivity index (χ0v) is 13.6. The molecule has 0 saturated carbocycles. The zero-order valence-electron chi connectivity index (χ0n) is 12.8. The molecule has 4 rings (SSSR count). The second-order valence-electron chi connectivity index (χ2n) is 5.54. The van der Waals surface area contributed by atoms with Crippen molar-refractivity contribution in [2.24, 2.45) is 4.99 Å². The summed E-state index contributed by atoms with van der Waals surface area (Å²) in [6.07, 6.45) is 1.35. The van der Waals surface area contributed by atoms with Gasteiger partial charge in [0.05, 0.1) is 23.5 Å². The van der Waals surface area contributed by atoms with E-state index in [4.69, 9.17) is 17.3 Å². The molecular weight excluding hydrogens is 346 g/mol. The van der Waals surface area contributed by atoms with E-state index in [9.17, 15) is 8.78 Å². The largest absolute Gasteiger partial charge is 0.383 e. The van der Waals surface area contributed by atoms with Crippen molar-refractivity contribution in [1.29, 1.82) is 0 Å². The molecule has 1 aliphatic rings. The van der Waals surface area contributed by atoms with Crippen LogP contribution in [-0.2, 0) is 6.54 Å². The van der Waals surface area contributed by atoms with Crippen LogP contribution in [0, 0.1) is 11.6 Å². The minimum absolute atomic E-state index is 0.109. The molecule has 3 aromatic rings. The van der Waals surface area contributed by atoms with E-state index in [0.29, 0.717) is 27.4 Å². The number of aliphatic imine (C=N–C) groups is 1. The molecule has 4 nitrogen and oxygen atoms in total. The van der Waals surface area contributed by atoms with Gasteiger partial charge in [0.25, 0.3) is 0 Å². The van der Waals surface area contributed by atoms with Crippen molar-refractivity contribution < 1.29 is 8.78 Å². The molecule has 2 N–H and O–H groups in total. The van der Waals surface area contributed by atoms with Gasteiger partial charge >= 0.3 is 0 Å². The average Bonchev–Trinajstić information content (AvgIpc) is 2.73. The van der Waals surface area contributed by atoms with E-state index in [-0.39, 0.29) is 23.6 Å². The fourth-order valence-corrected chi connectivity index (χ4v) is 3.09. The summed E-state index contributed by atoms with van der Waals surface area (Å²) in [4.78, 5) is 12.7. The zero-order chi connectivity index (χ0) is 17.6. The monoisotopic (exact) mass is 356 g/mol. The predicted octanol–water partition coefficient (Wildman–Crippen LogP) is 4.01. The van der Waals surface area contributed by atoms with Crippen LogP contribution in [0.1, 0.15) is 16.7 Å². The van der Waals surface area contributed by atoms with Gasteiger partial charge in [-0.15, -0.1) is 0 Å². The number of benzene rings is 2. The Kier molecular flexibility index (Phi) is 3.69. The summed E-state index contributed by atoms with van der Waals surface area (Å²) in [6.45, 7) is 0.109. The van der Waals surface area contributed by atoms with Crippen LogP contribution in [0.15, 0.2) is 47.7 Å². The highest BCUT2D eigenvalue weighted by Crippen LogP contribution is 2.35. The molecule has 124 valence electrons. The molecular formula is C18H11ClF2N4. The Hall–Kier alpha value is -2.86. The molecule has 1 aliphatic heterocycles. The van der Waals surface area contributed by atoms with Crippen LogP contribution < -0.4 is 5.73 Å². The van der Waals surface area contributed by atoms with E-state index in [1.165, 1.54) is 24.5 Å². The molecule has 7 heteroatoms. The fourth-order valence-electron chi connectivity index (χ4n) is 2.91. The van der Waals surface area contributed by atoms with Gasteiger partial charge in [0.15, 0.2) is 0 Å². The van der Waals surface area contributed by atoms with Crippen molar-refractivity contribution in [3.8, 4) is 11.3 Å². The Balaban J connectivity index is 2.06. The van der Waals surface area contributed by atoms with Crippen molar-refractivity contribution in [3.05, 3.63) is 76.1 Å². The van der Waals surface area contributed by atoms with Gasteiger partial charge in [-0.25, -0.2) is 18.7 Å². The van der Waals surface area contributed by atoms with Gasteiger partial charge in [-0.1, -0.05) is 23.7 Å². The van der Waals surface area contributed by atoms with E-state index in [0.717, 1.165) is 0 Å². The summed E-state index contributed by atoms with van der Waals surface area (Å²) in [5, 5.41) is 0.425. The molecule has 25 heavy (non-hydrogen) atoms. The maximum absolute atomic E-state index is 14.4. The second-order valence-corrected chi connectivity index (χ2v) is 5.97. The molecule has 0 spiro atoms. The first-order valence-corrected chi connectivity index (χ1v) is 7.82. The third-order valence-electron chi connectivity index (χ3n) is 4.07.